The predicted molar refractivity (Wildman–Crippen MR) is 53.5 cm³/mol. The zero-order valence-electron chi connectivity index (χ0n) is 9.36. The van der Waals surface area contributed by atoms with Gasteiger partial charge in [0.2, 0.25) is 0 Å². The maximum atomic E-state index is 12.0. The SMILES string of the molecule is COC(=O)[C@H]1CC=C(OS(=O)(=O)C(F)(F)F)CC1. The fraction of sp³-hybridized carbons (Fsp3) is 0.667. The summed E-state index contributed by atoms with van der Waals surface area (Å²) < 4.78 is 66.0. The third kappa shape index (κ3) is 3.37. The van der Waals surface area contributed by atoms with E-state index >= 15 is 0 Å². The molecule has 1 aliphatic carbocycles. The molecule has 0 aromatic heterocycles. The average Bonchev–Trinajstić information content (AvgIpc) is 2.27. The summed E-state index contributed by atoms with van der Waals surface area (Å²) in [5, 5.41) is 0. The van der Waals surface area contributed by atoms with E-state index in [-0.39, 0.29) is 25.0 Å². The molecule has 0 heterocycles. The third-order valence-electron chi connectivity index (χ3n) is 2.40. The van der Waals surface area contributed by atoms with Crippen molar-refractivity contribution in [3.8, 4) is 0 Å². The summed E-state index contributed by atoms with van der Waals surface area (Å²) in [5.41, 5.74) is -5.45. The van der Waals surface area contributed by atoms with Crippen LogP contribution in [0.3, 0.4) is 0 Å². The molecule has 0 N–H and O–H groups in total. The second-order valence-corrected chi connectivity index (χ2v) is 5.19. The number of carbonyl (C=O) groups excluding carboxylic acids is 1. The van der Waals surface area contributed by atoms with Crippen LogP contribution in [0.15, 0.2) is 11.8 Å². The quantitative estimate of drug-likeness (QED) is 0.449. The topological polar surface area (TPSA) is 69.7 Å². The van der Waals surface area contributed by atoms with Gasteiger partial charge in [0.1, 0.15) is 5.76 Å². The predicted octanol–water partition coefficient (Wildman–Crippen LogP) is 1.71. The van der Waals surface area contributed by atoms with Gasteiger partial charge in [-0.25, -0.2) is 0 Å². The van der Waals surface area contributed by atoms with E-state index in [9.17, 15) is 26.4 Å². The van der Waals surface area contributed by atoms with Crippen molar-refractivity contribution in [2.24, 2.45) is 5.92 Å². The first-order valence-corrected chi connectivity index (χ1v) is 6.36. The highest BCUT2D eigenvalue weighted by Crippen LogP contribution is 2.31. The molecule has 0 spiro atoms. The van der Waals surface area contributed by atoms with Crippen LogP contribution in [-0.2, 0) is 23.8 Å². The summed E-state index contributed by atoms with van der Waals surface area (Å²) in [4.78, 5) is 11.1. The smallest absolute Gasteiger partial charge is 0.469 e. The Kier molecular flexibility index (Phi) is 4.25. The first-order valence-electron chi connectivity index (χ1n) is 4.95. The molecule has 0 amide bonds. The Morgan fingerprint density at radius 2 is 2.06 bits per heavy atom. The van der Waals surface area contributed by atoms with Crippen LogP contribution in [0.25, 0.3) is 0 Å². The lowest BCUT2D eigenvalue weighted by Gasteiger charge is -2.20. The van der Waals surface area contributed by atoms with E-state index in [1.165, 1.54) is 7.11 Å². The van der Waals surface area contributed by atoms with E-state index in [4.69, 9.17) is 0 Å². The maximum absolute atomic E-state index is 12.0. The zero-order chi connectivity index (χ0) is 14.0. The van der Waals surface area contributed by atoms with Gasteiger partial charge in [0.05, 0.1) is 13.0 Å². The van der Waals surface area contributed by atoms with Gasteiger partial charge >= 0.3 is 21.6 Å². The van der Waals surface area contributed by atoms with E-state index < -0.39 is 27.5 Å². The lowest BCUT2D eigenvalue weighted by molar-refractivity contribution is -0.145. The van der Waals surface area contributed by atoms with Gasteiger partial charge < -0.3 is 8.92 Å². The van der Waals surface area contributed by atoms with Crippen molar-refractivity contribution in [1.82, 2.24) is 0 Å². The Bertz CT molecular complexity index is 451. The lowest BCUT2D eigenvalue weighted by Crippen LogP contribution is -2.26. The van der Waals surface area contributed by atoms with Crippen molar-refractivity contribution in [1.29, 1.82) is 0 Å². The first kappa shape index (κ1) is 14.8. The summed E-state index contributed by atoms with van der Waals surface area (Å²) in [5.74, 6) is -1.26. The van der Waals surface area contributed by atoms with E-state index in [1.807, 2.05) is 0 Å². The summed E-state index contributed by atoms with van der Waals surface area (Å²) in [6.45, 7) is 0. The summed E-state index contributed by atoms with van der Waals surface area (Å²) in [6.07, 6.45) is 1.38. The van der Waals surface area contributed by atoms with Crippen LogP contribution in [0, 0.1) is 5.92 Å². The monoisotopic (exact) mass is 288 g/mol. The fourth-order valence-electron chi connectivity index (χ4n) is 1.45. The summed E-state index contributed by atoms with van der Waals surface area (Å²) in [6, 6.07) is 0. The van der Waals surface area contributed by atoms with Crippen molar-refractivity contribution in [2.45, 2.75) is 24.8 Å². The Hall–Kier alpha value is -1.25. The molecule has 1 aliphatic rings. The van der Waals surface area contributed by atoms with Crippen molar-refractivity contribution >= 4 is 16.1 Å². The molecule has 0 fully saturated rings. The minimum atomic E-state index is -5.63. The van der Waals surface area contributed by atoms with Crippen molar-refractivity contribution < 1.29 is 35.3 Å². The van der Waals surface area contributed by atoms with Crippen LogP contribution in [0.4, 0.5) is 13.2 Å². The number of carbonyl (C=O) groups is 1. The van der Waals surface area contributed by atoms with E-state index in [0.29, 0.717) is 0 Å². The number of methoxy groups -OCH3 is 1. The van der Waals surface area contributed by atoms with Crippen LogP contribution in [0.5, 0.6) is 0 Å². The number of alkyl halides is 3. The summed E-state index contributed by atoms with van der Waals surface area (Å²) >= 11 is 0. The molecule has 0 radical (unpaired) electrons. The van der Waals surface area contributed by atoms with Gasteiger partial charge in [0.15, 0.2) is 0 Å². The molecule has 0 aliphatic heterocycles. The number of hydrogen-bond donors (Lipinski definition) is 0. The minimum Gasteiger partial charge on any atom is -0.469 e. The molecule has 1 atom stereocenters. The molecule has 1 rings (SSSR count). The average molecular weight is 288 g/mol. The molecule has 0 saturated carbocycles. The second-order valence-electron chi connectivity index (χ2n) is 3.65. The van der Waals surface area contributed by atoms with E-state index in [2.05, 4.69) is 8.92 Å². The van der Waals surface area contributed by atoms with Crippen LogP contribution < -0.4 is 0 Å². The third-order valence-corrected chi connectivity index (χ3v) is 3.40. The highest BCUT2D eigenvalue weighted by Gasteiger charge is 2.49. The Balaban J connectivity index is 2.68. The molecule has 104 valence electrons. The van der Waals surface area contributed by atoms with E-state index in [0.717, 1.165) is 6.08 Å². The number of ether oxygens (including phenoxy) is 1. The van der Waals surface area contributed by atoms with Gasteiger partial charge in [-0.1, -0.05) is 0 Å². The van der Waals surface area contributed by atoms with Gasteiger partial charge in [-0.15, -0.1) is 0 Å². The van der Waals surface area contributed by atoms with Crippen LogP contribution >= 0.6 is 0 Å². The number of allylic oxidation sites excluding steroid dienone is 2. The second kappa shape index (κ2) is 5.17. The Labute approximate surface area is 102 Å². The molecule has 0 aromatic rings. The first-order chi connectivity index (χ1) is 8.17. The van der Waals surface area contributed by atoms with Crippen LogP contribution in [0.2, 0.25) is 0 Å². The van der Waals surface area contributed by atoms with Crippen LogP contribution in [-0.4, -0.2) is 27.0 Å². The van der Waals surface area contributed by atoms with Gasteiger partial charge in [-0.05, 0) is 18.9 Å². The van der Waals surface area contributed by atoms with Gasteiger partial charge in [0, 0.05) is 6.42 Å². The molecule has 5 nitrogen and oxygen atoms in total. The molecule has 0 saturated heterocycles. The summed E-state index contributed by atoms with van der Waals surface area (Å²) in [7, 11) is -4.42. The number of hydrogen-bond acceptors (Lipinski definition) is 5. The van der Waals surface area contributed by atoms with Gasteiger partial charge in [0.25, 0.3) is 0 Å². The molecule has 0 bridgehead atoms. The highest BCUT2D eigenvalue weighted by molar-refractivity contribution is 7.87. The molecule has 0 aromatic carbocycles. The van der Waals surface area contributed by atoms with Crippen molar-refractivity contribution in [2.75, 3.05) is 7.11 Å². The number of halogens is 3. The van der Waals surface area contributed by atoms with Crippen LogP contribution in [0.1, 0.15) is 19.3 Å². The molecule has 0 unspecified atom stereocenters. The standard InChI is InChI=1S/C9H11F3O5S/c1-16-8(13)6-2-4-7(5-3-6)17-18(14,15)9(10,11)12/h4,6H,2-3,5H2,1H3/t6-/m0/s1. The Morgan fingerprint density at radius 1 is 1.44 bits per heavy atom. The van der Waals surface area contributed by atoms with Crippen molar-refractivity contribution in [3.63, 3.8) is 0 Å². The normalized spacial score (nSPS) is 21.1. The maximum Gasteiger partial charge on any atom is 0.534 e. The van der Waals surface area contributed by atoms with Crippen molar-refractivity contribution in [3.05, 3.63) is 11.8 Å². The van der Waals surface area contributed by atoms with Gasteiger partial charge in [-0.3, -0.25) is 4.79 Å². The minimum absolute atomic E-state index is 0.0604. The zero-order valence-corrected chi connectivity index (χ0v) is 10.2. The molecule has 9 heteroatoms. The Morgan fingerprint density at radius 3 is 2.44 bits per heavy atom. The molecular formula is C9H11F3O5S. The van der Waals surface area contributed by atoms with Gasteiger partial charge in [-0.2, -0.15) is 21.6 Å². The highest BCUT2D eigenvalue weighted by atomic mass is 32.2. The molecule has 18 heavy (non-hydrogen) atoms. The number of esters is 1. The lowest BCUT2D eigenvalue weighted by atomic mass is 9.93. The van der Waals surface area contributed by atoms with E-state index in [1.54, 1.807) is 0 Å². The largest absolute Gasteiger partial charge is 0.534 e. The molecular weight excluding hydrogens is 277 g/mol. The number of rotatable bonds is 3. The fourth-order valence-corrected chi connectivity index (χ4v) is 1.98.